The number of Topliss-reactive ketones (excluding diaryl/α,β-unsaturated/α-hetero) is 2. The van der Waals surface area contributed by atoms with Crippen molar-refractivity contribution in [3.05, 3.63) is 59.2 Å². The van der Waals surface area contributed by atoms with Gasteiger partial charge < -0.3 is 19.7 Å². The number of rotatable bonds is 3. The van der Waals surface area contributed by atoms with Gasteiger partial charge in [-0.2, -0.15) is 0 Å². The van der Waals surface area contributed by atoms with E-state index in [4.69, 9.17) is 9.47 Å². The van der Waals surface area contributed by atoms with Crippen molar-refractivity contribution in [3.63, 3.8) is 0 Å². The Morgan fingerprint density at radius 2 is 1.65 bits per heavy atom. The van der Waals surface area contributed by atoms with Gasteiger partial charge in [0.25, 0.3) is 0 Å². The van der Waals surface area contributed by atoms with E-state index in [1.54, 1.807) is 64.1 Å². The highest BCUT2D eigenvalue weighted by Gasteiger charge is 2.60. The van der Waals surface area contributed by atoms with Crippen molar-refractivity contribution in [1.82, 2.24) is 0 Å². The molecule has 0 spiro atoms. The van der Waals surface area contributed by atoms with E-state index in [1.165, 1.54) is 19.9 Å². The molecule has 0 aliphatic heterocycles. The molecule has 1 saturated carbocycles. The number of hydrogen-bond acceptors (Lipinski definition) is 8. The standard InChI is InChI=1S/C29H36O8/c1-16-12-21-25(36-27(35)20-10-8-7-9-11-20)18(3)15-29(21,37-19(4)30)26(34)17(2)13-23(32)28(5,6)24(33)14-22(16)31/h7-13,18,21-23,25,31-32H,14-15H2,1-6H3/b16-12-,17-13-/t18-,21-,22+,23-,25-,29+/m0/s1. The summed E-state index contributed by atoms with van der Waals surface area (Å²) in [4.78, 5) is 52.3. The summed E-state index contributed by atoms with van der Waals surface area (Å²) >= 11 is 0. The number of benzene rings is 1. The second kappa shape index (κ2) is 10.7. The number of fused-ring (bicyclic) bond motifs is 1. The SMILES string of the molecule is CC(=O)O[C@]12C[C@H](C)[C@H](OC(=O)c3ccccc3)[C@@H]1/C=C(/C)[C@H](O)CC(=O)C(C)(C)[C@@H](O)/C=C(/C)C2=O. The second-order valence-corrected chi connectivity index (χ2v) is 10.8. The Hall–Kier alpha value is -3.10. The summed E-state index contributed by atoms with van der Waals surface area (Å²) in [5.74, 6) is -3.56. The summed E-state index contributed by atoms with van der Waals surface area (Å²) in [6.07, 6.45) is -0.722. The van der Waals surface area contributed by atoms with E-state index in [0.717, 1.165) is 0 Å². The fourth-order valence-electron chi connectivity index (χ4n) is 5.20. The number of ketones is 2. The predicted molar refractivity (Wildman–Crippen MR) is 135 cm³/mol. The van der Waals surface area contributed by atoms with Gasteiger partial charge in [0.1, 0.15) is 11.9 Å². The molecule has 0 amide bonds. The summed E-state index contributed by atoms with van der Waals surface area (Å²) in [7, 11) is 0. The van der Waals surface area contributed by atoms with Gasteiger partial charge in [-0.25, -0.2) is 4.79 Å². The van der Waals surface area contributed by atoms with Crippen LogP contribution in [0.25, 0.3) is 0 Å². The minimum absolute atomic E-state index is 0.0618. The van der Waals surface area contributed by atoms with E-state index >= 15 is 0 Å². The molecule has 0 aromatic heterocycles. The van der Waals surface area contributed by atoms with Crippen LogP contribution in [0.3, 0.4) is 0 Å². The van der Waals surface area contributed by atoms with Crippen LogP contribution in [-0.2, 0) is 23.9 Å². The number of aliphatic hydroxyl groups excluding tert-OH is 2. The minimum atomic E-state index is -1.73. The largest absolute Gasteiger partial charge is 0.458 e. The highest BCUT2D eigenvalue weighted by molar-refractivity contribution is 6.03. The number of carbonyl (C=O) groups excluding carboxylic acids is 4. The second-order valence-electron chi connectivity index (χ2n) is 10.8. The van der Waals surface area contributed by atoms with E-state index in [0.29, 0.717) is 11.1 Å². The zero-order chi connectivity index (χ0) is 27.7. The van der Waals surface area contributed by atoms with Crippen LogP contribution in [-0.4, -0.2) is 57.6 Å². The van der Waals surface area contributed by atoms with E-state index in [-0.39, 0.29) is 24.2 Å². The zero-order valence-corrected chi connectivity index (χ0v) is 22.2. The van der Waals surface area contributed by atoms with Crippen LogP contribution in [0.4, 0.5) is 0 Å². The average Bonchev–Trinajstić information content (AvgIpc) is 3.08. The van der Waals surface area contributed by atoms with E-state index < -0.39 is 58.9 Å². The molecule has 8 nitrogen and oxygen atoms in total. The summed E-state index contributed by atoms with van der Waals surface area (Å²) in [5.41, 5.74) is -2.19. The monoisotopic (exact) mass is 512 g/mol. The van der Waals surface area contributed by atoms with Crippen LogP contribution in [0.1, 0.15) is 64.7 Å². The van der Waals surface area contributed by atoms with Crippen LogP contribution >= 0.6 is 0 Å². The van der Waals surface area contributed by atoms with Gasteiger partial charge in [0.15, 0.2) is 5.60 Å². The van der Waals surface area contributed by atoms with Gasteiger partial charge in [-0.05, 0) is 49.1 Å². The Bertz CT molecular complexity index is 1130. The van der Waals surface area contributed by atoms with Crippen molar-refractivity contribution in [3.8, 4) is 0 Å². The first-order valence-corrected chi connectivity index (χ1v) is 12.5. The Morgan fingerprint density at radius 1 is 1.03 bits per heavy atom. The molecule has 8 heteroatoms. The van der Waals surface area contributed by atoms with Gasteiger partial charge in [-0.1, -0.05) is 45.0 Å². The number of aliphatic hydroxyl groups is 2. The lowest BCUT2D eigenvalue weighted by molar-refractivity contribution is -0.168. The van der Waals surface area contributed by atoms with E-state index in [1.807, 2.05) is 0 Å². The molecule has 2 N–H and O–H groups in total. The average molecular weight is 513 g/mol. The van der Waals surface area contributed by atoms with Crippen molar-refractivity contribution in [1.29, 1.82) is 0 Å². The van der Waals surface area contributed by atoms with Crippen molar-refractivity contribution in [2.45, 2.75) is 78.3 Å². The highest BCUT2D eigenvalue weighted by atomic mass is 16.6. The molecule has 0 heterocycles. The maximum Gasteiger partial charge on any atom is 0.338 e. The third kappa shape index (κ3) is 5.60. The molecule has 37 heavy (non-hydrogen) atoms. The number of esters is 2. The van der Waals surface area contributed by atoms with Crippen LogP contribution in [0.2, 0.25) is 0 Å². The summed E-state index contributed by atoms with van der Waals surface area (Å²) in [6.45, 7) is 9.20. The minimum Gasteiger partial charge on any atom is -0.458 e. The molecule has 6 atom stereocenters. The lowest BCUT2D eigenvalue weighted by Gasteiger charge is -2.36. The summed E-state index contributed by atoms with van der Waals surface area (Å²) in [5, 5.41) is 21.7. The van der Waals surface area contributed by atoms with E-state index in [2.05, 4.69) is 0 Å². The molecule has 1 aromatic carbocycles. The molecule has 0 unspecified atom stereocenters. The maximum absolute atomic E-state index is 14.0. The quantitative estimate of drug-likeness (QED) is 0.466. The van der Waals surface area contributed by atoms with Gasteiger partial charge in [0.05, 0.1) is 29.1 Å². The third-order valence-electron chi connectivity index (χ3n) is 7.61. The first-order valence-electron chi connectivity index (χ1n) is 12.5. The van der Waals surface area contributed by atoms with Crippen molar-refractivity contribution in [2.24, 2.45) is 17.3 Å². The normalized spacial score (nSPS) is 35.1. The molecule has 1 fully saturated rings. The van der Waals surface area contributed by atoms with Gasteiger partial charge >= 0.3 is 11.9 Å². The molecule has 200 valence electrons. The lowest BCUT2D eigenvalue weighted by Crippen LogP contribution is -2.49. The summed E-state index contributed by atoms with van der Waals surface area (Å²) < 4.78 is 11.7. The van der Waals surface area contributed by atoms with Crippen molar-refractivity contribution >= 4 is 23.5 Å². The van der Waals surface area contributed by atoms with Crippen molar-refractivity contribution < 1.29 is 38.9 Å². The maximum atomic E-state index is 14.0. The lowest BCUT2D eigenvalue weighted by atomic mass is 9.75. The smallest absolute Gasteiger partial charge is 0.338 e. The fraction of sp³-hybridized carbons (Fsp3) is 0.517. The molecule has 3 rings (SSSR count). The molecule has 2 aliphatic rings. The number of ether oxygens (including phenoxy) is 2. The Labute approximate surface area is 217 Å². The molecule has 1 aromatic rings. The molecule has 0 radical (unpaired) electrons. The van der Waals surface area contributed by atoms with Gasteiger partial charge in [-0.15, -0.1) is 0 Å². The van der Waals surface area contributed by atoms with Gasteiger partial charge in [-0.3, -0.25) is 14.4 Å². The van der Waals surface area contributed by atoms with Gasteiger partial charge in [0, 0.05) is 19.8 Å². The first kappa shape index (κ1) is 28.5. The molecule has 0 bridgehead atoms. The first-order chi connectivity index (χ1) is 17.2. The topological polar surface area (TPSA) is 127 Å². The van der Waals surface area contributed by atoms with Crippen LogP contribution < -0.4 is 0 Å². The van der Waals surface area contributed by atoms with Gasteiger partial charge in [0.2, 0.25) is 5.78 Å². The highest BCUT2D eigenvalue weighted by Crippen LogP contribution is 2.48. The number of carbonyl (C=O) groups is 4. The summed E-state index contributed by atoms with van der Waals surface area (Å²) in [6, 6.07) is 8.40. The Morgan fingerprint density at radius 3 is 2.24 bits per heavy atom. The third-order valence-corrected chi connectivity index (χ3v) is 7.61. The predicted octanol–water partition coefficient (Wildman–Crippen LogP) is 3.35. The number of hydrogen-bond donors (Lipinski definition) is 2. The molecular weight excluding hydrogens is 476 g/mol. The van der Waals surface area contributed by atoms with E-state index in [9.17, 15) is 29.4 Å². The fourth-order valence-corrected chi connectivity index (χ4v) is 5.20. The molecule has 0 saturated heterocycles. The zero-order valence-electron chi connectivity index (χ0n) is 22.2. The molecular formula is C29H36O8. The van der Waals surface area contributed by atoms with Crippen molar-refractivity contribution in [2.75, 3.05) is 0 Å². The van der Waals surface area contributed by atoms with Crippen LogP contribution in [0.15, 0.2) is 53.6 Å². The van der Waals surface area contributed by atoms with Crippen LogP contribution in [0.5, 0.6) is 0 Å². The molecule has 2 aliphatic carbocycles. The Kier molecular flexibility index (Phi) is 8.24. The van der Waals surface area contributed by atoms with Crippen LogP contribution in [0, 0.1) is 17.3 Å². The Balaban J connectivity index is 2.19.